The van der Waals surface area contributed by atoms with Gasteiger partial charge in [0.2, 0.25) is 0 Å². The molecule has 0 saturated carbocycles. The Morgan fingerprint density at radius 2 is 1.28 bits per heavy atom. The van der Waals surface area contributed by atoms with Crippen molar-refractivity contribution in [1.82, 2.24) is 28.7 Å². The summed E-state index contributed by atoms with van der Waals surface area (Å²) in [5, 5.41) is 0. The number of aryl methyl sites for hydroxylation is 1. The van der Waals surface area contributed by atoms with Gasteiger partial charge in [0.15, 0.2) is 5.65 Å². The van der Waals surface area contributed by atoms with Gasteiger partial charge in [0.1, 0.15) is 16.9 Å². The highest BCUT2D eigenvalue weighted by molar-refractivity contribution is 5.75. The highest BCUT2D eigenvalue weighted by atomic mass is 16.2. The number of nitrogens with one attached hydrogen (secondary N) is 1. The quantitative estimate of drug-likeness (QED) is 0.207. The molecule has 0 aliphatic rings. The van der Waals surface area contributed by atoms with E-state index in [-0.39, 0.29) is 11.2 Å². The number of hydrogen-bond donors (Lipinski definition) is 1. The third-order valence-corrected chi connectivity index (χ3v) is 7.79. The summed E-state index contributed by atoms with van der Waals surface area (Å²) < 4.78 is 5.07. The Bertz CT molecular complexity index is 1890. The van der Waals surface area contributed by atoms with Gasteiger partial charge >= 0.3 is 5.69 Å². The molecular weight excluding hydrogens is 536 g/mol. The summed E-state index contributed by atoms with van der Waals surface area (Å²) in [5.74, 6) is 0.489. The van der Waals surface area contributed by atoms with Gasteiger partial charge in [0, 0.05) is 13.1 Å². The molecule has 3 heterocycles. The van der Waals surface area contributed by atoms with Crippen LogP contribution >= 0.6 is 0 Å². The van der Waals surface area contributed by atoms with Crippen molar-refractivity contribution in [2.24, 2.45) is 0 Å². The van der Waals surface area contributed by atoms with Crippen molar-refractivity contribution in [3.05, 3.63) is 153 Å². The van der Waals surface area contributed by atoms with Crippen LogP contribution in [0.25, 0.3) is 23.3 Å². The number of imidazole rings is 2. The van der Waals surface area contributed by atoms with E-state index in [4.69, 9.17) is 4.98 Å². The molecule has 6 aromatic rings. The van der Waals surface area contributed by atoms with Crippen LogP contribution in [-0.2, 0) is 18.6 Å². The normalized spacial score (nSPS) is 12.0. The zero-order valence-corrected chi connectivity index (χ0v) is 24.4. The summed E-state index contributed by atoms with van der Waals surface area (Å²) in [4.78, 5) is 38.9. The van der Waals surface area contributed by atoms with Crippen LogP contribution in [0.3, 0.4) is 0 Å². The number of rotatable bonds is 10. The van der Waals surface area contributed by atoms with Crippen molar-refractivity contribution >= 4 is 23.3 Å². The lowest BCUT2D eigenvalue weighted by Gasteiger charge is -2.38. The van der Waals surface area contributed by atoms with Crippen molar-refractivity contribution in [3.8, 4) is 0 Å². The van der Waals surface area contributed by atoms with E-state index in [9.17, 15) is 9.59 Å². The summed E-state index contributed by atoms with van der Waals surface area (Å²) >= 11 is 0. The number of aromatic amines is 1. The Balaban J connectivity index is 1.54. The molecule has 0 atom stereocenters. The predicted octanol–water partition coefficient (Wildman–Crippen LogP) is 5.91. The SMILES string of the molecule is CCCn1c(=O)c2[nH]c(C=Cc3cncn3C(c3ccccc3)(c3ccccc3)c3ccccc3)nc2n(CCC)c1=O. The Labute approximate surface area is 249 Å². The van der Waals surface area contributed by atoms with Gasteiger partial charge in [0.25, 0.3) is 5.56 Å². The largest absolute Gasteiger partial charge is 0.333 e. The Kier molecular flexibility index (Phi) is 7.75. The highest BCUT2D eigenvalue weighted by Crippen LogP contribution is 2.41. The average molecular weight is 571 g/mol. The van der Waals surface area contributed by atoms with Gasteiger partial charge in [-0.15, -0.1) is 0 Å². The number of hydrogen-bond acceptors (Lipinski definition) is 4. The molecule has 43 heavy (non-hydrogen) atoms. The number of H-pyrrole nitrogens is 1. The monoisotopic (exact) mass is 570 g/mol. The van der Waals surface area contributed by atoms with E-state index in [1.54, 1.807) is 4.57 Å². The minimum atomic E-state index is -0.719. The summed E-state index contributed by atoms with van der Waals surface area (Å²) in [7, 11) is 0. The molecule has 3 aromatic heterocycles. The van der Waals surface area contributed by atoms with Crippen LogP contribution in [0, 0.1) is 0 Å². The molecular formula is C35H34N6O2. The second-order valence-electron chi connectivity index (χ2n) is 10.5. The summed E-state index contributed by atoms with van der Waals surface area (Å²) in [6.07, 6.45) is 8.89. The summed E-state index contributed by atoms with van der Waals surface area (Å²) in [6.45, 7) is 4.79. The lowest BCUT2D eigenvalue weighted by Crippen LogP contribution is -2.40. The number of aromatic nitrogens is 6. The van der Waals surface area contributed by atoms with Crippen molar-refractivity contribution in [2.45, 2.75) is 45.3 Å². The molecule has 0 bridgehead atoms. The fourth-order valence-electron chi connectivity index (χ4n) is 5.94. The highest BCUT2D eigenvalue weighted by Gasteiger charge is 2.39. The van der Waals surface area contributed by atoms with Crippen LogP contribution in [0.5, 0.6) is 0 Å². The van der Waals surface area contributed by atoms with E-state index < -0.39 is 5.54 Å². The fraction of sp³-hybridized carbons (Fsp3) is 0.200. The lowest BCUT2D eigenvalue weighted by molar-refractivity contribution is 0.511. The maximum atomic E-state index is 13.2. The molecule has 0 amide bonds. The first-order valence-corrected chi connectivity index (χ1v) is 14.7. The maximum Gasteiger partial charge on any atom is 0.332 e. The van der Waals surface area contributed by atoms with Crippen LogP contribution < -0.4 is 11.2 Å². The van der Waals surface area contributed by atoms with Crippen molar-refractivity contribution in [2.75, 3.05) is 0 Å². The van der Waals surface area contributed by atoms with E-state index in [2.05, 4.69) is 87.3 Å². The molecule has 0 fully saturated rings. The van der Waals surface area contributed by atoms with Gasteiger partial charge in [-0.05, 0) is 41.7 Å². The van der Waals surface area contributed by atoms with E-state index >= 15 is 0 Å². The Morgan fingerprint density at radius 3 is 1.81 bits per heavy atom. The molecule has 0 radical (unpaired) electrons. The summed E-state index contributed by atoms with van der Waals surface area (Å²) in [6, 6.07) is 31.2. The first-order valence-electron chi connectivity index (χ1n) is 14.7. The summed E-state index contributed by atoms with van der Waals surface area (Å²) in [5.41, 5.74) is 3.43. The van der Waals surface area contributed by atoms with Crippen LogP contribution in [-0.4, -0.2) is 28.7 Å². The smallest absolute Gasteiger partial charge is 0.332 e. The molecule has 0 aliphatic heterocycles. The zero-order valence-electron chi connectivity index (χ0n) is 24.4. The molecule has 0 unspecified atom stereocenters. The second-order valence-corrected chi connectivity index (χ2v) is 10.5. The maximum absolute atomic E-state index is 13.2. The van der Waals surface area contributed by atoms with Crippen LogP contribution in [0.1, 0.15) is 54.9 Å². The number of fused-ring (bicyclic) bond motifs is 1. The van der Waals surface area contributed by atoms with E-state index in [1.165, 1.54) is 4.57 Å². The van der Waals surface area contributed by atoms with Crippen molar-refractivity contribution in [1.29, 1.82) is 0 Å². The van der Waals surface area contributed by atoms with Gasteiger partial charge in [0.05, 0.1) is 18.2 Å². The minimum Gasteiger partial charge on any atom is -0.333 e. The Morgan fingerprint density at radius 1 is 0.744 bits per heavy atom. The van der Waals surface area contributed by atoms with Gasteiger partial charge in [-0.1, -0.05) is 105 Å². The van der Waals surface area contributed by atoms with Gasteiger partial charge in [-0.3, -0.25) is 13.9 Å². The molecule has 0 aliphatic carbocycles. The van der Waals surface area contributed by atoms with Gasteiger partial charge in [-0.25, -0.2) is 14.8 Å². The first-order chi connectivity index (χ1) is 21.1. The molecule has 8 heteroatoms. The van der Waals surface area contributed by atoms with Gasteiger partial charge < -0.3 is 9.55 Å². The molecule has 6 rings (SSSR count). The molecule has 3 aromatic carbocycles. The molecule has 8 nitrogen and oxygen atoms in total. The van der Waals surface area contributed by atoms with Gasteiger partial charge in [-0.2, -0.15) is 0 Å². The van der Waals surface area contributed by atoms with Crippen LogP contribution in [0.4, 0.5) is 0 Å². The minimum absolute atomic E-state index is 0.320. The van der Waals surface area contributed by atoms with Crippen molar-refractivity contribution in [3.63, 3.8) is 0 Å². The molecule has 0 saturated heterocycles. The lowest BCUT2D eigenvalue weighted by atomic mass is 9.76. The van der Waals surface area contributed by atoms with Crippen LogP contribution in [0.2, 0.25) is 0 Å². The van der Waals surface area contributed by atoms with E-state index in [1.807, 2.05) is 56.7 Å². The molecule has 0 spiro atoms. The van der Waals surface area contributed by atoms with Crippen molar-refractivity contribution < 1.29 is 0 Å². The Hall–Kier alpha value is -5.24. The standard InChI is InChI=1S/C35H34N6O2/c1-3-22-39-32-31(33(42)40(23-4-2)34(39)43)37-30(38-32)21-20-29-24-36-25-41(29)35(26-14-8-5-9-15-26,27-16-10-6-11-17-27)28-18-12-7-13-19-28/h5-21,24-25H,3-4,22-23H2,1-2H3,(H,37,38). The third-order valence-electron chi connectivity index (χ3n) is 7.79. The first kappa shape index (κ1) is 27.9. The fourth-order valence-corrected chi connectivity index (χ4v) is 5.94. The number of nitrogens with zero attached hydrogens (tertiary/aromatic N) is 5. The molecule has 1 N–H and O–H groups in total. The van der Waals surface area contributed by atoms with E-state index in [0.717, 1.165) is 28.8 Å². The third kappa shape index (κ3) is 4.84. The van der Waals surface area contributed by atoms with E-state index in [0.29, 0.717) is 36.5 Å². The molecule has 216 valence electrons. The topological polar surface area (TPSA) is 90.5 Å². The number of benzene rings is 3. The second kappa shape index (κ2) is 11.9. The average Bonchev–Trinajstić information content (AvgIpc) is 3.70. The zero-order chi connectivity index (χ0) is 29.8. The van der Waals surface area contributed by atoms with Crippen LogP contribution in [0.15, 0.2) is 113 Å². The predicted molar refractivity (Wildman–Crippen MR) is 171 cm³/mol.